The number of piperidine rings is 1. The number of hydrogen-bond acceptors (Lipinski definition) is 6. The molecule has 3 aromatic heterocycles. The molecule has 0 radical (unpaired) electrons. The van der Waals surface area contributed by atoms with Crippen LogP contribution in [0.2, 0.25) is 0 Å². The molecule has 0 unspecified atom stereocenters. The minimum absolute atomic E-state index is 0.762. The quantitative estimate of drug-likeness (QED) is 0.735. The van der Waals surface area contributed by atoms with Crippen molar-refractivity contribution in [1.82, 2.24) is 19.9 Å². The van der Waals surface area contributed by atoms with Gasteiger partial charge in [0.2, 0.25) is 5.95 Å². The zero-order valence-corrected chi connectivity index (χ0v) is 13.6. The van der Waals surface area contributed by atoms with E-state index in [-0.39, 0.29) is 0 Å². The van der Waals surface area contributed by atoms with Crippen molar-refractivity contribution < 1.29 is 4.42 Å². The van der Waals surface area contributed by atoms with E-state index in [1.165, 1.54) is 19.3 Å². The van der Waals surface area contributed by atoms with Crippen LogP contribution in [0, 0.1) is 6.92 Å². The van der Waals surface area contributed by atoms with Gasteiger partial charge in [-0.15, -0.1) is 0 Å². The highest BCUT2D eigenvalue weighted by molar-refractivity contribution is 5.79. The first-order valence-electron chi connectivity index (χ1n) is 8.26. The number of hydrogen-bond donors (Lipinski definition) is 0. The van der Waals surface area contributed by atoms with Gasteiger partial charge in [-0.1, -0.05) is 0 Å². The van der Waals surface area contributed by atoms with Gasteiger partial charge in [-0.2, -0.15) is 0 Å². The summed E-state index contributed by atoms with van der Waals surface area (Å²) in [4.78, 5) is 20.3. The van der Waals surface area contributed by atoms with Crippen LogP contribution in [0.4, 0.5) is 5.95 Å². The van der Waals surface area contributed by atoms with E-state index in [0.29, 0.717) is 0 Å². The maximum atomic E-state index is 5.49. The van der Waals surface area contributed by atoms with Crippen molar-refractivity contribution in [3.63, 3.8) is 0 Å². The summed E-state index contributed by atoms with van der Waals surface area (Å²) < 4.78 is 5.49. The maximum absolute atomic E-state index is 5.49. The van der Waals surface area contributed by atoms with Crippen LogP contribution in [0.25, 0.3) is 22.5 Å². The molecular formula is C18H19N5O. The summed E-state index contributed by atoms with van der Waals surface area (Å²) in [7, 11) is 0. The minimum Gasteiger partial charge on any atom is -0.469 e. The molecule has 1 aliphatic rings. The Morgan fingerprint density at radius 1 is 1.00 bits per heavy atom. The molecule has 4 rings (SSSR count). The Balaban J connectivity index is 1.83. The molecular weight excluding hydrogens is 302 g/mol. The molecule has 6 nitrogen and oxygen atoms in total. The van der Waals surface area contributed by atoms with Gasteiger partial charge in [0.15, 0.2) is 0 Å². The van der Waals surface area contributed by atoms with Gasteiger partial charge in [-0.25, -0.2) is 9.97 Å². The van der Waals surface area contributed by atoms with Crippen LogP contribution < -0.4 is 4.90 Å². The summed E-state index contributed by atoms with van der Waals surface area (Å²) in [5.74, 6) is 1.61. The van der Waals surface area contributed by atoms with Crippen LogP contribution in [0.3, 0.4) is 0 Å². The van der Waals surface area contributed by atoms with Gasteiger partial charge in [0.1, 0.15) is 5.76 Å². The topological polar surface area (TPSA) is 67.9 Å². The van der Waals surface area contributed by atoms with Gasteiger partial charge in [0.25, 0.3) is 0 Å². The second kappa shape index (κ2) is 6.39. The highest BCUT2D eigenvalue weighted by Gasteiger charge is 2.19. The van der Waals surface area contributed by atoms with Gasteiger partial charge >= 0.3 is 0 Å². The molecule has 6 heteroatoms. The van der Waals surface area contributed by atoms with Crippen molar-refractivity contribution in [3.05, 3.63) is 42.9 Å². The summed E-state index contributed by atoms with van der Waals surface area (Å²) in [6.45, 7) is 3.96. The lowest BCUT2D eigenvalue weighted by molar-refractivity contribution is 0.535. The predicted octanol–water partition coefficient (Wildman–Crippen LogP) is 3.49. The average molecular weight is 321 g/mol. The summed E-state index contributed by atoms with van der Waals surface area (Å²) in [6, 6.07) is 1.94. The van der Waals surface area contributed by atoms with Crippen molar-refractivity contribution >= 4 is 5.95 Å². The van der Waals surface area contributed by atoms with Gasteiger partial charge < -0.3 is 9.32 Å². The first kappa shape index (κ1) is 14.8. The Labute approximate surface area is 140 Å². The molecule has 0 amide bonds. The Morgan fingerprint density at radius 3 is 2.58 bits per heavy atom. The van der Waals surface area contributed by atoms with Crippen molar-refractivity contribution in [3.8, 4) is 22.5 Å². The van der Waals surface area contributed by atoms with Crippen LogP contribution >= 0.6 is 0 Å². The Kier molecular flexibility index (Phi) is 3.94. The van der Waals surface area contributed by atoms with Gasteiger partial charge in [0, 0.05) is 42.8 Å². The molecule has 24 heavy (non-hydrogen) atoms. The van der Waals surface area contributed by atoms with Crippen LogP contribution in [-0.4, -0.2) is 33.0 Å². The van der Waals surface area contributed by atoms with Crippen LogP contribution in [-0.2, 0) is 0 Å². The molecule has 122 valence electrons. The zero-order chi connectivity index (χ0) is 16.4. The van der Waals surface area contributed by atoms with E-state index in [4.69, 9.17) is 9.40 Å². The number of anilines is 1. The van der Waals surface area contributed by atoms with E-state index in [1.54, 1.807) is 24.9 Å². The number of aryl methyl sites for hydroxylation is 1. The zero-order valence-electron chi connectivity index (χ0n) is 13.6. The van der Waals surface area contributed by atoms with E-state index >= 15 is 0 Å². The second-order valence-corrected chi connectivity index (χ2v) is 5.96. The monoisotopic (exact) mass is 321 g/mol. The fraction of sp³-hybridized carbons (Fsp3) is 0.333. The van der Waals surface area contributed by atoms with E-state index in [2.05, 4.69) is 19.9 Å². The van der Waals surface area contributed by atoms with E-state index in [1.807, 2.05) is 19.2 Å². The smallest absolute Gasteiger partial charge is 0.225 e. The van der Waals surface area contributed by atoms with Crippen LogP contribution in [0.15, 0.2) is 41.5 Å². The molecule has 1 aliphatic heterocycles. The molecule has 0 aliphatic carbocycles. The lowest BCUT2D eigenvalue weighted by Crippen LogP contribution is -2.31. The molecule has 1 fully saturated rings. The SMILES string of the molecule is Cc1occc1-c1nc(N2CCCCC2)ncc1-c1cnccn1. The van der Waals surface area contributed by atoms with Crippen molar-refractivity contribution in [2.75, 3.05) is 18.0 Å². The molecule has 1 saturated heterocycles. The number of rotatable bonds is 3. The van der Waals surface area contributed by atoms with Gasteiger partial charge in [0.05, 0.1) is 23.8 Å². The summed E-state index contributed by atoms with van der Waals surface area (Å²) in [5.41, 5.74) is 3.44. The number of aromatic nitrogens is 4. The average Bonchev–Trinajstić information content (AvgIpc) is 3.08. The number of furan rings is 1. The fourth-order valence-corrected chi connectivity index (χ4v) is 3.08. The molecule has 0 saturated carbocycles. The van der Waals surface area contributed by atoms with E-state index in [0.717, 1.165) is 47.3 Å². The predicted molar refractivity (Wildman–Crippen MR) is 91.6 cm³/mol. The van der Waals surface area contributed by atoms with E-state index in [9.17, 15) is 0 Å². The third kappa shape index (κ3) is 2.75. The van der Waals surface area contributed by atoms with Gasteiger partial charge in [-0.3, -0.25) is 9.97 Å². The first-order chi connectivity index (χ1) is 11.8. The van der Waals surface area contributed by atoms with Crippen LogP contribution in [0.1, 0.15) is 25.0 Å². The van der Waals surface area contributed by atoms with Crippen molar-refractivity contribution in [2.45, 2.75) is 26.2 Å². The largest absolute Gasteiger partial charge is 0.469 e. The third-order valence-corrected chi connectivity index (χ3v) is 4.37. The highest BCUT2D eigenvalue weighted by Crippen LogP contribution is 2.32. The summed E-state index contributed by atoms with van der Waals surface area (Å²) in [5, 5.41) is 0. The second-order valence-electron chi connectivity index (χ2n) is 5.96. The molecule has 4 heterocycles. The van der Waals surface area contributed by atoms with Crippen molar-refractivity contribution in [1.29, 1.82) is 0 Å². The Hall–Kier alpha value is -2.76. The molecule has 0 atom stereocenters. The molecule has 0 bridgehead atoms. The minimum atomic E-state index is 0.762. The van der Waals surface area contributed by atoms with Gasteiger partial charge in [-0.05, 0) is 32.3 Å². The van der Waals surface area contributed by atoms with E-state index < -0.39 is 0 Å². The fourth-order valence-electron chi connectivity index (χ4n) is 3.08. The van der Waals surface area contributed by atoms with Crippen LogP contribution in [0.5, 0.6) is 0 Å². The molecule has 0 N–H and O–H groups in total. The third-order valence-electron chi connectivity index (χ3n) is 4.37. The summed E-state index contributed by atoms with van der Waals surface area (Å²) >= 11 is 0. The normalized spacial score (nSPS) is 14.8. The first-order valence-corrected chi connectivity index (χ1v) is 8.26. The number of nitrogens with zero attached hydrogens (tertiary/aromatic N) is 5. The Bertz CT molecular complexity index is 824. The Morgan fingerprint density at radius 2 is 1.88 bits per heavy atom. The summed E-state index contributed by atoms with van der Waals surface area (Å²) in [6.07, 6.45) is 12.3. The molecule has 0 spiro atoms. The molecule has 3 aromatic rings. The van der Waals surface area contributed by atoms with Crippen molar-refractivity contribution in [2.24, 2.45) is 0 Å². The standard InChI is InChI=1S/C18H19N5O/c1-13-14(5-10-24-13)17-15(16-12-19-6-7-20-16)11-21-18(22-17)23-8-3-2-4-9-23/h5-7,10-12H,2-4,8-9H2,1H3. The molecule has 0 aromatic carbocycles. The lowest BCUT2D eigenvalue weighted by atomic mass is 10.1. The maximum Gasteiger partial charge on any atom is 0.225 e. The highest BCUT2D eigenvalue weighted by atomic mass is 16.3. The lowest BCUT2D eigenvalue weighted by Gasteiger charge is -2.27.